The summed E-state index contributed by atoms with van der Waals surface area (Å²) in [4.78, 5) is 36.6. The van der Waals surface area contributed by atoms with Crippen molar-refractivity contribution >= 4 is 18.0 Å². The monoisotopic (exact) mass is 372 g/mol. The zero-order valence-corrected chi connectivity index (χ0v) is 16.8. The Labute approximate surface area is 157 Å². The average Bonchev–Trinajstić information content (AvgIpc) is 2.64. The van der Waals surface area contributed by atoms with Crippen molar-refractivity contribution in [2.45, 2.75) is 91.1 Å². The largest absolute Gasteiger partial charge is 0.464 e. The number of carbonyl (C=O) groups is 3. The molecule has 2 atom stereocenters. The first-order valence-corrected chi connectivity index (χ1v) is 9.90. The van der Waals surface area contributed by atoms with Gasteiger partial charge >= 0.3 is 12.1 Å². The Morgan fingerprint density at radius 1 is 0.731 bits per heavy atom. The second-order valence-electron chi connectivity index (χ2n) is 6.35. The highest BCUT2D eigenvalue weighted by molar-refractivity contribution is 5.89. The molecule has 0 heterocycles. The van der Waals surface area contributed by atoms with Crippen LogP contribution in [0.1, 0.15) is 79.1 Å². The topological polar surface area (TPSA) is 93.7 Å². The maximum Gasteiger partial charge on any atom is 0.407 e. The van der Waals surface area contributed by atoms with Gasteiger partial charge in [0.05, 0.1) is 13.2 Å². The third kappa shape index (κ3) is 10.9. The van der Waals surface area contributed by atoms with Crippen molar-refractivity contribution in [2.75, 3.05) is 13.2 Å². The van der Waals surface area contributed by atoms with Gasteiger partial charge in [0.1, 0.15) is 12.1 Å². The molecule has 0 aliphatic carbocycles. The Balaban J connectivity index is 4.88. The van der Waals surface area contributed by atoms with Crippen LogP contribution in [0, 0.1) is 0 Å². The highest BCUT2D eigenvalue weighted by Crippen LogP contribution is 2.07. The number of ether oxygens (including phenoxy) is 2. The summed E-state index contributed by atoms with van der Waals surface area (Å²) in [7, 11) is 0. The second kappa shape index (κ2) is 15.5. The average molecular weight is 373 g/mol. The SMILES string of the molecule is CCCCC(NC(=O)OCCC)C(=O)NC(CCCC)C(=O)OCCC. The minimum Gasteiger partial charge on any atom is -0.464 e. The van der Waals surface area contributed by atoms with Crippen LogP contribution in [-0.2, 0) is 19.1 Å². The van der Waals surface area contributed by atoms with E-state index in [0.29, 0.717) is 32.5 Å². The van der Waals surface area contributed by atoms with Gasteiger partial charge in [0, 0.05) is 0 Å². The van der Waals surface area contributed by atoms with E-state index in [1.807, 2.05) is 27.7 Å². The molecule has 0 saturated heterocycles. The van der Waals surface area contributed by atoms with Crippen molar-refractivity contribution in [3.8, 4) is 0 Å². The molecular weight excluding hydrogens is 336 g/mol. The molecule has 0 aliphatic rings. The molecule has 152 valence electrons. The van der Waals surface area contributed by atoms with Gasteiger partial charge in [-0.1, -0.05) is 53.4 Å². The third-order valence-electron chi connectivity index (χ3n) is 3.79. The van der Waals surface area contributed by atoms with E-state index < -0.39 is 24.1 Å². The molecule has 2 amide bonds. The second-order valence-corrected chi connectivity index (χ2v) is 6.35. The van der Waals surface area contributed by atoms with Crippen LogP contribution in [0.25, 0.3) is 0 Å². The van der Waals surface area contributed by atoms with E-state index in [0.717, 1.165) is 32.1 Å². The minimum absolute atomic E-state index is 0.302. The van der Waals surface area contributed by atoms with Crippen LogP contribution in [0.4, 0.5) is 4.79 Å². The van der Waals surface area contributed by atoms with Gasteiger partial charge in [0.15, 0.2) is 0 Å². The maximum atomic E-state index is 12.6. The Bertz CT molecular complexity index is 415. The normalized spacial score (nSPS) is 12.8. The van der Waals surface area contributed by atoms with Crippen molar-refractivity contribution in [1.29, 1.82) is 0 Å². The molecule has 0 aromatic heterocycles. The van der Waals surface area contributed by atoms with Crippen molar-refractivity contribution in [2.24, 2.45) is 0 Å². The van der Waals surface area contributed by atoms with E-state index in [2.05, 4.69) is 10.6 Å². The number of hydrogen-bond donors (Lipinski definition) is 2. The van der Waals surface area contributed by atoms with E-state index in [1.54, 1.807) is 0 Å². The first kappa shape index (κ1) is 24.2. The highest BCUT2D eigenvalue weighted by Gasteiger charge is 2.27. The van der Waals surface area contributed by atoms with Crippen LogP contribution in [0.3, 0.4) is 0 Å². The van der Waals surface area contributed by atoms with Gasteiger partial charge in [-0.25, -0.2) is 9.59 Å². The summed E-state index contributed by atoms with van der Waals surface area (Å²) in [5, 5.41) is 5.35. The maximum absolute atomic E-state index is 12.6. The van der Waals surface area contributed by atoms with Gasteiger partial charge in [0.2, 0.25) is 5.91 Å². The number of esters is 1. The van der Waals surface area contributed by atoms with Crippen molar-refractivity contribution < 1.29 is 23.9 Å². The molecule has 0 radical (unpaired) electrons. The third-order valence-corrected chi connectivity index (χ3v) is 3.79. The predicted molar refractivity (Wildman–Crippen MR) is 101 cm³/mol. The summed E-state index contributed by atoms with van der Waals surface area (Å²) < 4.78 is 10.2. The fourth-order valence-electron chi connectivity index (χ4n) is 2.29. The lowest BCUT2D eigenvalue weighted by molar-refractivity contribution is -0.148. The first-order chi connectivity index (χ1) is 12.5. The lowest BCUT2D eigenvalue weighted by Gasteiger charge is -2.22. The Hall–Kier alpha value is -1.79. The zero-order valence-electron chi connectivity index (χ0n) is 16.8. The van der Waals surface area contributed by atoms with Gasteiger partial charge in [0.25, 0.3) is 0 Å². The van der Waals surface area contributed by atoms with E-state index in [-0.39, 0.29) is 5.91 Å². The van der Waals surface area contributed by atoms with Crippen molar-refractivity contribution in [1.82, 2.24) is 10.6 Å². The Morgan fingerprint density at radius 2 is 1.27 bits per heavy atom. The number of unbranched alkanes of at least 4 members (excludes halogenated alkanes) is 2. The molecule has 0 fully saturated rings. The van der Waals surface area contributed by atoms with Crippen molar-refractivity contribution in [3.63, 3.8) is 0 Å². The number of nitrogens with one attached hydrogen (secondary N) is 2. The fraction of sp³-hybridized carbons (Fsp3) is 0.842. The number of alkyl carbamates (subject to hydrolysis) is 1. The summed E-state index contributed by atoms with van der Waals surface area (Å²) in [6.45, 7) is 8.48. The summed E-state index contributed by atoms with van der Waals surface area (Å²) in [6, 6.07) is -1.41. The molecule has 0 rings (SSSR count). The number of carbonyl (C=O) groups excluding carboxylic acids is 3. The van der Waals surface area contributed by atoms with Gasteiger partial charge in [-0.2, -0.15) is 0 Å². The first-order valence-electron chi connectivity index (χ1n) is 9.90. The molecule has 7 nitrogen and oxygen atoms in total. The summed E-state index contributed by atoms with van der Waals surface area (Å²) in [6.07, 6.45) is 5.23. The predicted octanol–water partition coefficient (Wildman–Crippen LogP) is 3.31. The summed E-state index contributed by atoms with van der Waals surface area (Å²) in [5.41, 5.74) is 0. The summed E-state index contributed by atoms with van der Waals surface area (Å²) in [5.74, 6) is -0.794. The lowest BCUT2D eigenvalue weighted by Crippen LogP contribution is -2.52. The Morgan fingerprint density at radius 3 is 1.81 bits per heavy atom. The Kier molecular flexibility index (Phi) is 14.4. The van der Waals surface area contributed by atoms with E-state index in [4.69, 9.17) is 9.47 Å². The van der Waals surface area contributed by atoms with Gasteiger partial charge < -0.3 is 20.1 Å². The zero-order chi connectivity index (χ0) is 19.8. The quantitative estimate of drug-likeness (QED) is 0.456. The van der Waals surface area contributed by atoms with Crippen molar-refractivity contribution in [3.05, 3.63) is 0 Å². The molecule has 0 saturated carbocycles. The molecule has 0 spiro atoms. The molecule has 26 heavy (non-hydrogen) atoms. The number of hydrogen-bond acceptors (Lipinski definition) is 5. The molecule has 0 aliphatic heterocycles. The van der Waals surface area contributed by atoms with Crippen LogP contribution in [-0.4, -0.2) is 43.3 Å². The van der Waals surface area contributed by atoms with Gasteiger partial charge in [-0.3, -0.25) is 4.79 Å². The molecular formula is C19H36N2O5. The van der Waals surface area contributed by atoms with Crippen LogP contribution < -0.4 is 10.6 Å². The van der Waals surface area contributed by atoms with E-state index >= 15 is 0 Å². The van der Waals surface area contributed by atoms with Crippen LogP contribution >= 0.6 is 0 Å². The molecule has 2 unspecified atom stereocenters. The van der Waals surface area contributed by atoms with Crippen LogP contribution in [0.2, 0.25) is 0 Å². The smallest absolute Gasteiger partial charge is 0.407 e. The number of rotatable bonds is 14. The van der Waals surface area contributed by atoms with Crippen LogP contribution in [0.5, 0.6) is 0 Å². The molecule has 7 heteroatoms. The van der Waals surface area contributed by atoms with E-state index in [1.165, 1.54) is 0 Å². The standard InChI is InChI=1S/C19H36N2O5/c1-5-9-11-15(21-19(24)26-14-8-4)17(22)20-16(12-10-6-2)18(23)25-13-7-3/h15-16H,5-14H2,1-4H3,(H,20,22)(H,21,24). The fourth-order valence-corrected chi connectivity index (χ4v) is 2.29. The summed E-state index contributed by atoms with van der Waals surface area (Å²) >= 11 is 0. The molecule has 0 aromatic rings. The minimum atomic E-state index is -0.720. The van der Waals surface area contributed by atoms with Gasteiger partial charge in [-0.15, -0.1) is 0 Å². The van der Waals surface area contributed by atoms with Crippen LogP contribution in [0.15, 0.2) is 0 Å². The van der Waals surface area contributed by atoms with Gasteiger partial charge in [-0.05, 0) is 25.7 Å². The molecule has 0 aromatic carbocycles. The number of amides is 2. The van der Waals surface area contributed by atoms with E-state index in [9.17, 15) is 14.4 Å². The molecule has 2 N–H and O–H groups in total. The highest BCUT2D eigenvalue weighted by atomic mass is 16.5. The molecule has 0 bridgehead atoms. The lowest BCUT2D eigenvalue weighted by atomic mass is 10.1.